The standard InChI is InChI=1S/C28H29NO/c30-28(27-25-15-6-4-13-23(25)24-14-5-7-16-26(24)27)17-21-11-8-12-22(18-28)29(21)19-20-9-2-1-3-10-20/h1-7,9-10,13-16,21-22,27,30H,8,11-12,17-19H2. The van der Waals surface area contributed by atoms with Crippen molar-refractivity contribution in [1.82, 2.24) is 4.90 Å². The van der Waals surface area contributed by atoms with E-state index < -0.39 is 5.60 Å². The molecule has 2 atom stereocenters. The van der Waals surface area contributed by atoms with Gasteiger partial charge in [0.25, 0.3) is 0 Å². The van der Waals surface area contributed by atoms with Crippen molar-refractivity contribution in [2.75, 3.05) is 0 Å². The summed E-state index contributed by atoms with van der Waals surface area (Å²) in [5.74, 6) is 0.0897. The maximum absolute atomic E-state index is 12.2. The van der Waals surface area contributed by atoms with E-state index in [4.69, 9.17) is 0 Å². The Morgan fingerprint density at radius 2 is 1.27 bits per heavy atom. The van der Waals surface area contributed by atoms with Gasteiger partial charge in [-0.1, -0.05) is 85.3 Å². The van der Waals surface area contributed by atoms with E-state index in [9.17, 15) is 5.11 Å². The molecule has 30 heavy (non-hydrogen) atoms. The number of fused-ring (bicyclic) bond motifs is 5. The summed E-state index contributed by atoms with van der Waals surface area (Å²) in [5, 5.41) is 12.2. The van der Waals surface area contributed by atoms with E-state index in [2.05, 4.69) is 83.8 Å². The predicted octanol–water partition coefficient (Wildman–Crippen LogP) is 5.75. The SMILES string of the molecule is OC1(C2c3ccccc3-c3ccccc32)CC2CCCC(C1)N2Cc1ccccc1. The van der Waals surface area contributed by atoms with Crippen LogP contribution in [0.2, 0.25) is 0 Å². The van der Waals surface area contributed by atoms with Crippen LogP contribution in [0.15, 0.2) is 78.9 Å². The maximum Gasteiger partial charge on any atom is 0.0786 e. The van der Waals surface area contributed by atoms with Crippen molar-refractivity contribution >= 4 is 0 Å². The summed E-state index contributed by atoms with van der Waals surface area (Å²) >= 11 is 0. The van der Waals surface area contributed by atoms with E-state index in [1.165, 1.54) is 47.1 Å². The Labute approximate surface area is 179 Å². The average Bonchev–Trinajstić information content (AvgIpc) is 3.11. The number of aliphatic hydroxyl groups is 1. The molecule has 3 aliphatic rings. The second-order valence-electron chi connectivity index (χ2n) is 9.52. The maximum atomic E-state index is 12.2. The molecule has 2 aliphatic heterocycles. The summed E-state index contributed by atoms with van der Waals surface area (Å²) < 4.78 is 0. The van der Waals surface area contributed by atoms with Gasteiger partial charge < -0.3 is 5.11 Å². The predicted molar refractivity (Wildman–Crippen MR) is 121 cm³/mol. The van der Waals surface area contributed by atoms with Gasteiger partial charge in [0, 0.05) is 24.5 Å². The second-order valence-corrected chi connectivity index (χ2v) is 9.52. The molecule has 0 aromatic heterocycles. The molecule has 2 unspecified atom stereocenters. The zero-order chi connectivity index (χ0) is 20.1. The second kappa shape index (κ2) is 7.08. The first kappa shape index (κ1) is 18.4. The minimum Gasteiger partial charge on any atom is -0.389 e. The third-order valence-electron chi connectivity index (χ3n) is 7.77. The van der Waals surface area contributed by atoms with Crippen LogP contribution in [0.3, 0.4) is 0 Å². The molecule has 2 nitrogen and oxygen atoms in total. The molecule has 0 radical (unpaired) electrons. The van der Waals surface area contributed by atoms with Crippen LogP contribution in [0.1, 0.15) is 54.7 Å². The van der Waals surface area contributed by atoms with Crippen molar-refractivity contribution < 1.29 is 5.11 Å². The Hall–Kier alpha value is -2.42. The fourth-order valence-electron chi connectivity index (χ4n) is 6.58. The van der Waals surface area contributed by atoms with Crippen LogP contribution < -0.4 is 0 Å². The Kier molecular flexibility index (Phi) is 4.33. The Morgan fingerprint density at radius 3 is 1.87 bits per heavy atom. The number of nitrogens with zero attached hydrogens (tertiary/aromatic N) is 1. The topological polar surface area (TPSA) is 23.5 Å². The Bertz CT molecular complexity index is 999. The normalized spacial score (nSPS) is 28.2. The first-order valence-electron chi connectivity index (χ1n) is 11.4. The summed E-state index contributed by atoms with van der Waals surface area (Å²) in [6.07, 6.45) is 5.41. The minimum atomic E-state index is -0.675. The molecule has 2 bridgehead atoms. The number of rotatable bonds is 3. The zero-order valence-electron chi connectivity index (χ0n) is 17.4. The minimum absolute atomic E-state index is 0.0897. The largest absolute Gasteiger partial charge is 0.389 e. The highest BCUT2D eigenvalue weighted by molar-refractivity contribution is 5.79. The van der Waals surface area contributed by atoms with Crippen molar-refractivity contribution in [3.05, 3.63) is 95.6 Å². The third-order valence-corrected chi connectivity index (χ3v) is 7.77. The molecule has 6 rings (SSSR count). The molecule has 0 saturated carbocycles. The molecule has 0 amide bonds. The third kappa shape index (κ3) is 2.85. The lowest BCUT2D eigenvalue weighted by atomic mass is 9.67. The van der Waals surface area contributed by atoms with Crippen LogP contribution >= 0.6 is 0 Å². The fraction of sp³-hybridized carbons (Fsp3) is 0.357. The van der Waals surface area contributed by atoms with E-state index in [0.29, 0.717) is 12.1 Å². The van der Waals surface area contributed by atoms with Gasteiger partial charge in [0.05, 0.1) is 5.60 Å². The molecule has 1 N–H and O–H groups in total. The monoisotopic (exact) mass is 395 g/mol. The molecule has 2 heteroatoms. The summed E-state index contributed by atoms with van der Waals surface area (Å²) in [6, 6.07) is 29.2. The van der Waals surface area contributed by atoms with Gasteiger partial charge in [-0.15, -0.1) is 0 Å². The number of hydrogen-bond acceptors (Lipinski definition) is 2. The van der Waals surface area contributed by atoms with Gasteiger partial charge in [-0.05, 0) is 53.5 Å². The van der Waals surface area contributed by atoms with Crippen LogP contribution in [-0.2, 0) is 6.54 Å². The first-order chi connectivity index (χ1) is 14.7. The highest BCUT2D eigenvalue weighted by atomic mass is 16.3. The lowest BCUT2D eigenvalue weighted by molar-refractivity contribution is -0.103. The molecular formula is C28H29NO. The summed E-state index contributed by atoms with van der Waals surface area (Å²) in [7, 11) is 0. The van der Waals surface area contributed by atoms with Gasteiger partial charge in [-0.25, -0.2) is 0 Å². The summed E-state index contributed by atoms with van der Waals surface area (Å²) in [5.41, 5.74) is 5.96. The zero-order valence-corrected chi connectivity index (χ0v) is 17.4. The first-order valence-corrected chi connectivity index (χ1v) is 11.4. The molecule has 3 aromatic carbocycles. The van der Waals surface area contributed by atoms with Crippen LogP contribution in [0.5, 0.6) is 0 Å². The lowest BCUT2D eigenvalue weighted by Crippen LogP contribution is -2.59. The highest BCUT2D eigenvalue weighted by Crippen LogP contribution is 2.55. The van der Waals surface area contributed by atoms with Crippen molar-refractivity contribution in [3.63, 3.8) is 0 Å². The molecule has 2 heterocycles. The van der Waals surface area contributed by atoms with Crippen LogP contribution in [0.4, 0.5) is 0 Å². The van der Waals surface area contributed by atoms with E-state index in [-0.39, 0.29) is 5.92 Å². The fourth-order valence-corrected chi connectivity index (χ4v) is 6.58. The van der Waals surface area contributed by atoms with Crippen molar-refractivity contribution in [2.24, 2.45) is 0 Å². The smallest absolute Gasteiger partial charge is 0.0786 e. The number of hydrogen-bond donors (Lipinski definition) is 1. The molecule has 1 aliphatic carbocycles. The van der Waals surface area contributed by atoms with E-state index in [1.54, 1.807) is 0 Å². The number of benzene rings is 3. The summed E-state index contributed by atoms with van der Waals surface area (Å²) in [4.78, 5) is 2.69. The summed E-state index contributed by atoms with van der Waals surface area (Å²) in [6.45, 7) is 1.00. The van der Waals surface area contributed by atoms with Gasteiger partial charge in [0.1, 0.15) is 0 Å². The quantitative estimate of drug-likeness (QED) is 0.611. The molecular weight excluding hydrogens is 366 g/mol. The van der Waals surface area contributed by atoms with Gasteiger partial charge in [0.2, 0.25) is 0 Å². The molecule has 3 aromatic rings. The van der Waals surface area contributed by atoms with Gasteiger partial charge in [0.15, 0.2) is 0 Å². The molecule has 152 valence electrons. The number of piperidine rings is 2. The van der Waals surface area contributed by atoms with Gasteiger partial charge in [-0.2, -0.15) is 0 Å². The highest BCUT2D eigenvalue weighted by Gasteiger charge is 2.52. The van der Waals surface area contributed by atoms with Gasteiger partial charge >= 0.3 is 0 Å². The van der Waals surface area contributed by atoms with Crippen molar-refractivity contribution in [2.45, 2.75) is 62.3 Å². The van der Waals surface area contributed by atoms with Gasteiger partial charge in [-0.3, -0.25) is 4.90 Å². The van der Waals surface area contributed by atoms with E-state index >= 15 is 0 Å². The van der Waals surface area contributed by atoms with Crippen molar-refractivity contribution in [3.8, 4) is 11.1 Å². The lowest BCUT2D eigenvalue weighted by Gasteiger charge is -2.54. The van der Waals surface area contributed by atoms with E-state index in [1.807, 2.05) is 0 Å². The Morgan fingerprint density at radius 1 is 0.733 bits per heavy atom. The van der Waals surface area contributed by atoms with Crippen LogP contribution in [-0.4, -0.2) is 27.7 Å². The van der Waals surface area contributed by atoms with Crippen LogP contribution in [0.25, 0.3) is 11.1 Å². The Balaban J connectivity index is 1.36. The molecule has 2 saturated heterocycles. The molecule has 0 spiro atoms. The van der Waals surface area contributed by atoms with E-state index in [0.717, 1.165) is 19.4 Å². The van der Waals surface area contributed by atoms with Crippen LogP contribution in [0, 0.1) is 0 Å². The molecule has 2 fully saturated rings. The van der Waals surface area contributed by atoms with Crippen molar-refractivity contribution in [1.29, 1.82) is 0 Å². The average molecular weight is 396 g/mol.